The molecule has 44 heavy (non-hydrogen) atoms. The summed E-state index contributed by atoms with van der Waals surface area (Å²) in [6.07, 6.45) is 2.58. The van der Waals surface area contributed by atoms with Gasteiger partial charge in [-0.2, -0.15) is 0 Å². The highest BCUT2D eigenvalue weighted by molar-refractivity contribution is 6.03. The van der Waals surface area contributed by atoms with Crippen molar-refractivity contribution >= 4 is 41.0 Å². The van der Waals surface area contributed by atoms with Gasteiger partial charge in [0.15, 0.2) is 5.96 Å². The first-order chi connectivity index (χ1) is 20.4. The molecule has 3 amide bonds. The molecule has 2 rings (SSSR count). The molecule has 0 bridgehead atoms. The predicted molar refractivity (Wildman–Crippen MR) is 171 cm³/mol. The van der Waals surface area contributed by atoms with Crippen LogP contribution in [-0.4, -0.2) is 53.4 Å². The van der Waals surface area contributed by atoms with Crippen LogP contribution in [0, 0.1) is 10.8 Å². The predicted octanol–water partition coefficient (Wildman–Crippen LogP) is 3.93. The van der Waals surface area contributed by atoms with Crippen molar-refractivity contribution < 1.29 is 29.0 Å². The smallest absolute Gasteiger partial charge is 0.306 e. The number of hydrogen-bond acceptors (Lipinski definition) is 6. The number of nitrogens with two attached hydrogens (primary N) is 2. The van der Waals surface area contributed by atoms with Crippen LogP contribution in [0.25, 0.3) is 0 Å². The van der Waals surface area contributed by atoms with Crippen molar-refractivity contribution in [2.24, 2.45) is 27.3 Å². The van der Waals surface area contributed by atoms with Crippen molar-refractivity contribution in [3.8, 4) is 5.75 Å². The van der Waals surface area contributed by atoms with Crippen LogP contribution in [0.5, 0.6) is 5.75 Å². The second kappa shape index (κ2) is 15.2. The fraction of sp³-hybridized carbons (Fsp3) is 0.469. The average molecular weight is 611 g/mol. The third-order valence-electron chi connectivity index (χ3n) is 6.82. The van der Waals surface area contributed by atoms with E-state index in [1.54, 1.807) is 36.4 Å². The van der Waals surface area contributed by atoms with Crippen LogP contribution < -0.4 is 32.2 Å². The highest BCUT2D eigenvalue weighted by Gasteiger charge is 2.37. The molecule has 0 heterocycles. The number of hydrogen-bond donors (Lipinski definition) is 6. The number of carboxylic acids is 1. The normalized spacial score (nSPS) is 12.8. The molecule has 0 saturated heterocycles. The number of carboxylic acid groups (broad SMARTS) is 1. The Morgan fingerprint density at radius 2 is 1.61 bits per heavy atom. The van der Waals surface area contributed by atoms with Gasteiger partial charge >= 0.3 is 5.97 Å². The van der Waals surface area contributed by atoms with Gasteiger partial charge < -0.3 is 37.3 Å². The molecule has 0 radical (unpaired) electrons. The zero-order valence-corrected chi connectivity index (χ0v) is 26.5. The SMILES string of the molecule is CCCC(C)(C)CC(C)(C)COc1ccc(NC(=O)C(C)(CC(=O)O)NC(=O)CNC(=O)c2cccc(N=C(N)N)c2)cc1. The molecule has 2 aromatic carbocycles. The monoisotopic (exact) mass is 610 g/mol. The second-order valence-corrected chi connectivity index (χ2v) is 12.7. The number of anilines is 1. The summed E-state index contributed by atoms with van der Waals surface area (Å²) in [5.41, 5.74) is 10.0. The Morgan fingerprint density at radius 1 is 0.955 bits per heavy atom. The zero-order valence-electron chi connectivity index (χ0n) is 26.5. The quantitative estimate of drug-likeness (QED) is 0.121. The van der Waals surface area contributed by atoms with Gasteiger partial charge in [-0.3, -0.25) is 19.2 Å². The van der Waals surface area contributed by atoms with Crippen molar-refractivity contribution in [2.75, 3.05) is 18.5 Å². The van der Waals surface area contributed by atoms with Crippen LogP contribution >= 0.6 is 0 Å². The molecule has 12 heteroatoms. The number of carbonyl (C=O) groups is 4. The maximum Gasteiger partial charge on any atom is 0.306 e. The Bertz CT molecular complexity index is 1350. The van der Waals surface area contributed by atoms with Gasteiger partial charge in [-0.25, -0.2) is 4.99 Å². The van der Waals surface area contributed by atoms with Gasteiger partial charge in [-0.15, -0.1) is 0 Å². The van der Waals surface area contributed by atoms with Gasteiger partial charge in [0.2, 0.25) is 11.8 Å². The lowest BCUT2D eigenvalue weighted by atomic mass is 9.73. The lowest BCUT2D eigenvalue weighted by Crippen LogP contribution is -2.57. The van der Waals surface area contributed by atoms with E-state index in [-0.39, 0.29) is 22.4 Å². The molecule has 8 N–H and O–H groups in total. The van der Waals surface area contributed by atoms with Crippen molar-refractivity contribution in [1.29, 1.82) is 0 Å². The molecule has 240 valence electrons. The van der Waals surface area contributed by atoms with Gasteiger partial charge in [0.1, 0.15) is 11.3 Å². The van der Waals surface area contributed by atoms with Crippen molar-refractivity contribution in [3.63, 3.8) is 0 Å². The van der Waals surface area contributed by atoms with E-state index in [0.717, 1.165) is 19.3 Å². The Hall–Kier alpha value is -4.61. The lowest BCUT2D eigenvalue weighted by molar-refractivity contribution is -0.142. The Labute approximate surface area is 259 Å². The van der Waals surface area contributed by atoms with E-state index in [2.05, 4.69) is 55.6 Å². The maximum atomic E-state index is 13.2. The minimum atomic E-state index is -1.81. The molecule has 0 spiro atoms. The summed E-state index contributed by atoms with van der Waals surface area (Å²) in [6, 6.07) is 12.8. The molecule has 1 unspecified atom stereocenters. The Morgan fingerprint density at radius 3 is 2.20 bits per heavy atom. The van der Waals surface area contributed by atoms with Crippen molar-refractivity contribution in [2.45, 2.75) is 72.8 Å². The molecular weight excluding hydrogens is 564 g/mol. The van der Waals surface area contributed by atoms with Gasteiger partial charge in [0.25, 0.3) is 5.91 Å². The second-order valence-electron chi connectivity index (χ2n) is 12.7. The number of nitrogens with zero attached hydrogens (tertiary/aromatic N) is 1. The van der Waals surface area contributed by atoms with E-state index in [0.29, 0.717) is 23.7 Å². The van der Waals surface area contributed by atoms with Crippen LogP contribution in [-0.2, 0) is 14.4 Å². The summed E-state index contributed by atoms with van der Waals surface area (Å²) < 4.78 is 6.03. The number of aliphatic imine (C=N–C) groups is 1. The summed E-state index contributed by atoms with van der Waals surface area (Å²) in [5, 5.41) is 17.0. The van der Waals surface area contributed by atoms with Crippen LogP contribution in [0.15, 0.2) is 53.5 Å². The number of guanidine groups is 1. The average Bonchev–Trinajstić information content (AvgIpc) is 2.90. The molecule has 0 aromatic heterocycles. The summed E-state index contributed by atoms with van der Waals surface area (Å²) in [5.74, 6) is -2.93. The Kier molecular flexibility index (Phi) is 12.3. The summed E-state index contributed by atoms with van der Waals surface area (Å²) in [6.45, 7) is 12.4. The molecule has 0 saturated carbocycles. The molecule has 0 aliphatic carbocycles. The third-order valence-corrected chi connectivity index (χ3v) is 6.82. The molecule has 0 aliphatic rings. The van der Waals surface area contributed by atoms with E-state index in [4.69, 9.17) is 16.2 Å². The lowest BCUT2D eigenvalue weighted by Gasteiger charge is -2.34. The van der Waals surface area contributed by atoms with E-state index in [1.165, 1.54) is 19.1 Å². The van der Waals surface area contributed by atoms with E-state index >= 15 is 0 Å². The number of carbonyl (C=O) groups excluding carboxylic acids is 3. The number of aliphatic carboxylic acids is 1. The highest BCUT2D eigenvalue weighted by Crippen LogP contribution is 2.37. The van der Waals surface area contributed by atoms with Crippen LogP contribution in [0.3, 0.4) is 0 Å². The largest absolute Gasteiger partial charge is 0.493 e. The van der Waals surface area contributed by atoms with Crippen molar-refractivity contribution in [3.05, 3.63) is 54.1 Å². The first-order valence-corrected chi connectivity index (χ1v) is 14.5. The van der Waals surface area contributed by atoms with E-state index in [9.17, 15) is 24.3 Å². The molecule has 1 atom stereocenters. The number of rotatable bonds is 16. The third kappa shape index (κ3) is 11.9. The van der Waals surface area contributed by atoms with E-state index in [1.807, 2.05) is 0 Å². The minimum absolute atomic E-state index is 0.0422. The van der Waals surface area contributed by atoms with Gasteiger partial charge in [0.05, 0.1) is 25.3 Å². The van der Waals surface area contributed by atoms with E-state index < -0.39 is 42.2 Å². The number of amides is 3. The molecular formula is C32H46N6O6. The standard InChI is InChI=1S/C32H46N6O6/c1-7-15-30(2,3)19-31(4,5)20-44-24-13-11-22(12-14-24)36-28(43)32(6,17-26(40)41)38-25(39)18-35-27(42)21-9-8-10-23(16-21)37-29(33)34/h8-14,16H,7,15,17-20H2,1-6H3,(H,35,42)(H,36,43)(H,38,39)(H,40,41)(H4,33,34,37). The topological polar surface area (TPSA) is 198 Å². The summed E-state index contributed by atoms with van der Waals surface area (Å²) in [7, 11) is 0. The maximum absolute atomic E-state index is 13.2. The zero-order chi connectivity index (χ0) is 33.1. The molecule has 2 aromatic rings. The van der Waals surface area contributed by atoms with Crippen LogP contribution in [0.1, 0.15) is 77.6 Å². The van der Waals surface area contributed by atoms with Crippen LogP contribution in [0.4, 0.5) is 11.4 Å². The minimum Gasteiger partial charge on any atom is -0.493 e. The first-order valence-electron chi connectivity index (χ1n) is 14.5. The Balaban J connectivity index is 2.00. The van der Waals surface area contributed by atoms with Gasteiger partial charge in [-0.1, -0.05) is 47.1 Å². The molecule has 0 fully saturated rings. The fourth-order valence-corrected chi connectivity index (χ4v) is 5.26. The summed E-state index contributed by atoms with van der Waals surface area (Å²) >= 11 is 0. The first kappa shape index (κ1) is 35.6. The fourth-order valence-electron chi connectivity index (χ4n) is 5.26. The number of ether oxygens (including phenoxy) is 1. The summed E-state index contributed by atoms with van der Waals surface area (Å²) in [4.78, 5) is 53.9. The van der Waals surface area contributed by atoms with Crippen LogP contribution in [0.2, 0.25) is 0 Å². The number of benzene rings is 2. The number of nitrogens with one attached hydrogen (secondary N) is 3. The highest BCUT2D eigenvalue weighted by atomic mass is 16.5. The van der Waals surface area contributed by atoms with Gasteiger partial charge in [-0.05, 0) is 73.1 Å². The molecule has 12 nitrogen and oxygen atoms in total. The van der Waals surface area contributed by atoms with Crippen molar-refractivity contribution in [1.82, 2.24) is 10.6 Å². The molecule has 0 aliphatic heterocycles. The van der Waals surface area contributed by atoms with Gasteiger partial charge in [0, 0.05) is 11.3 Å².